The van der Waals surface area contributed by atoms with Crippen molar-refractivity contribution in [3.05, 3.63) is 0 Å². The summed E-state index contributed by atoms with van der Waals surface area (Å²) in [5, 5.41) is 3.35. The normalized spacial score (nSPS) is 25.1. The first-order valence-corrected chi connectivity index (χ1v) is 7.16. The zero-order valence-corrected chi connectivity index (χ0v) is 11.5. The Hall–Kier alpha value is -0.120. The maximum Gasteiger partial charge on any atom is 0.0600 e. The van der Waals surface area contributed by atoms with E-state index in [4.69, 9.17) is 9.47 Å². The molecule has 3 nitrogen and oxygen atoms in total. The molecule has 2 atom stereocenters. The molecule has 1 aliphatic carbocycles. The summed E-state index contributed by atoms with van der Waals surface area (Å²) in [6, 6.07) is 0. The van der Waals surface area contributed by atoms with Gasteiger partial charge >= 0.3 is 0 Å². The Morgan fingerprint density at radius 1 is 1.06 bits per heavy atom. The predicted octanol–water partition coefficient (Wildman–Crippen LogP) is 2.60. The van der Waals surface area contributed by atoms with Crippen LogP contribution in [0, 0.1) is 5.92 Å². The highest BCUT2D eigenvalue weighted by atomic mass is 16.5. The molecule has 0 bridgehead atoms. The second kappa shape index (κ2) is 9.86. The van der Waals surface area contributed by atoms with Gasteiger partial charge in [0.15, 0.2) is 0 Å². The molecule has 0 aromatic rings. The van der Waals surface area contributed by atoms with Crippen LogP contribution in [0.4, 0.5) is 0 Å². The molecule has 0 spiro atoms. The Kier molecular flexibility index (Phi) is 8.67. The van der Waals surface area contributed by atoms with Crippen molar-refractivity contribution in [2.45, 2.75) is 51.6 Å². The minimum absolute atomic E-state index is 0.533. The predicted molar refractivity (Wildman–Crippen MR) is 71.4 cm³/mol. The molecule has 17 heavy (non-hydrogen) atoms. The zero-order chi connectivity index (χ0) is 12.3. The summed E-state index contributed by atoms with van der Waals surface area (Å²) in [6.45, 7) is 6.09. The molecule has 3 heteroatoms. The van der Waals surface area contributed by atoms with Crippen LogP contribution in [0.25, 0.3) is 0 Å². The first-order chi connectivity index (χ1) is 8.34. The van der Waals surface area contributed by atoms with Crippen molar-refractivity contribution in [3.8, 4) is 0 Å². The Balaban J connectivity index is 1.86. The molecule has 1 N–H and O–H groups in total. The van der Waals surface area contributed by atoms with E-state index in [1.165, 1.54) is 38.5 Å². The van der Waals surface area contributed by atoms with Gasteiger partial charge in [0.05, 0.1) is 12.7 Å². The third kappa shape index (κ3) is 7.02. The molecular weight excluding hydrogens is 214 g/mol. The number of unbranched alkanes of at least 4 members (excludes halogenated alkanes) is 1. The van der Waals surface area contributed by atoms with Gasteiger partial charge in [-0.3, -0.25) is 0 Å². The van der Waals surface area contributed by atoms with Gasteiger partial charge in [-0.15, -0.1) is 0 Å². The van der Waals surface area contributed by atoms with E-state index in [0.29, 0.717) is 6.10 Å². The van der Waals surface area contributed by atoms with Crippen molar-refractivity contribution in [2.24, 2.45) is 5.92 Å². The molecular formula is C14H29NO2. The van der Waals surface area contributed by atoms with Crippen LogP contribution in [0.2, 0.25) is 0 Å². The van der Waals surface area contributed by atoms with E-state index in [-0.39, 0.29) is 0 Å². The molecule has 1 saturated carbocycles. The van der Waals surface area contributed by atoms with Gasteiger partial charge in [0.1, 0.15) is 0 Å². The fourth-order valence-electron chi connectivity index (χ4n) is 2.42. The molecule has 0 aromatic heterocycles. The van der Waals surface area contributed by atoms with Gasteiger partial charge in [0.25, 0.3) is 0 Å². The third-order valence-corrected chi connectivity index (χ3v) is 3.60. The number of ether oxygens (including phenoxy) is 2. The minimum Gasteiger partial charge on any atom is -0.383 e. The number of nitrogens with one attached hydrogen (secondary N) is 1. The summed E-state index contributed by atoms with van der Waals surface area (Å²) >= 11 is 0. The molecule has 0 radical (unpaired) electrons. The summed E-state index contributed by atoms with van der Waals surface area (Å²) in [7, 11) is 1.74. The topological polar surface area (TPSA) is 30.5 Å². The van der Waals surface area contributed by atoms with Gasteiger partial charge in [-0.2, -0.15) is 0 Å². The first kappa shape index (κ1) is 14.9. The van der Waals surface area contributed by atoms with E-state index >= 15 is 0 Å². The smallest absolute Gasteiger partial charge is 0.0600 e. The second-order valence-electron chi connectivity index (χ2n) is 5.12. The maximum absolute atomic E-state index is 5.97. The quantitative estimate of drug-likeness (QED) is 0.631. The lowest BCUT2D eigenvalue weighted by molar-refractivity contribution is -0.00637. The van der Waals surface area contributed by atoms with Crippen molar-refractivity contribution in [1.82, 2.24) is 5.32 Å². The minimum atomic E-state index is 0.533. The lowest BCUT2D eigenvalue weighted by atomic mass is 9.88. The van der Waals surface area contributed by atoms with Crippen LogP contribution >= 0.6 is 0 Å². The van der Waals surface area contributed by atoms with Crippen molar-refractivity contribution in [3.63, 3.8) is 0 Å². The Morgan fingerprint density at radius 2 is 1.88 bits per heavy atom. The van der Waals surface area contributed by atoms with Gasteiger partial charge in [0, 0.05) is 20.3 Å². The van der Waals surface area contributed by atoms with Crippen LogP contribution in [0.5, 0.6) is 0 Å². The average molecular weight is 243 g/mol. The summed E-state index contributed by atoms with van der Waals surface area (Å²) < 4.78 is 10.9. The lowest BCUT2D eigenvalue weighted by Crippen LogP contribution is -2.26. The van der Waals surface area contributed by atoms with Crippen LogP contribution in [-0.4, -0.2) is 39.5 Å². The number of hydrogen-bond acceptors (Lipinski definition) is 3. The van der Waals surface area contributed by atoms with Gasteiger partial charge in [-0.25, -0.2) is 0 Å². The van der Waals surface area contributed by atoms with Gasteiger partial charge < -0.3 is 14.8 Å². The largest absolute Gasteiger partial charge is 0.383 e. The monoisotopic (exact) mass is 243 g/mol. The summed E-state index contributed by atoms with van der Waals surface area (Å²) in [5.74, 6) is 0.767. The average Bonchev–Trinajstić information content (AvgIpc) is 2.35. The molecule has 1 rings (SSSR count). The summed E-state index contributed by atoms with van der Waals surface area (Å²) in [6.07, 6.45) is 8.27. The van der Waals surface area contributed by atoms with Crippen LogP contribution in [0.3, 0.4) is 0 Å². The van der Waals surface area contributed by atoms with Crippen LogP contribution in [-0.2, 0) is 9.47 Å². The van der Waals surface area contributed by atoms with E-state index in [0.717, 1.165) is 32.2 Å². The van der Waals surface area contributed by atoms with Crippen molar-refractivity contribution in [1.29, 1.82) is 0 Å². The maximum atomic E-state index is 5.97. The second-order valence-corrected chi connectivity index (χ2v) is 5.12. The summed E-state index contributed by atoms with van der Waals surface area (Å²) in [4.78, 5) is 0. The van der Waals surface area contributed by atoms with E-state index in [9.17, 15) is 0 Å². The fraction of sp³-hybridized carbons (Fsp3) is 1.00. The molecule has 102 valence electrons. The molecule has 0 amide bonds. The van der Waals surface area contributed by atoms with Crippen LogP contribution < -0.4 is 5.32 Å². The van der Waals surface area contributed by atoms with Crippen LogP contribution in [0.15, 0.2) is 0 Å². The Labute approximate surface area is 106 Å². The molecule has 0 aliphatic heterocycles. The van der Waals surface area contributed by atoms with Crippen LogP contribution in [0.1, 0.15) is 45.4 Å². The zero-order valence-electron chi connectivity index (χ0n) is 11.5. The van der Waals surface area contributed by atoms with E-state index in [1.807, 2.05) is 0 Å². The number of hydrogen-bond donors (Lipinski definition) is 1. The highest BCUT2D eigenvalue weighted by Gasteiger charge is 2.21. The van der Waals surface area contributed by atoms with Gasteiger partial charge in [-0.05, 0) is 38.1 Å². The Morgan fingerprint density at radius 3 is 2.65 bits per heavy atom. The number of methoxy groups -OCH3 is 1. The molecule has 1 aliphatic rings. The highest BCUT2D eigenvalue weighted by Crippen LogP contribution is 2.26. The van der Waals surface area contributed by atoms with Crippen molar-refractivity contribution in [2.75, 3.05) is 33.4 Å². The standard InChI is InChI=1S/C14H29NO2/c1-13-7-3-4-8-14(13)17-11-6-5-9-15-10-12-16-2/h13-15H,3-12H2,1-2H3. The Bertz CT molecular complexity index is 176. The van der Waals surface area contributed by atoms with E-state index < -0.39 is 0 Å². The fourth-order valence-corrected chi connectivity index (χ4v) is 2.42. The highest BCUT2D eigenvalue weighted by molar-refractivity contribution is 4.72. The molecule has 1 fully saturated rings. The van der Waals surface area contributed by atoms with E-state index in [2.05, 4.69) is 12.2 Å². The van der Waals surface area contributed by atoms with Gasteiger partial charge in [0.2, 0.25) is 0 Å². The first-order valence-electron chi connectivity index (χ1n) is 7.16. The van der Waals surface area contributed by atoms with E-state index in [1.54, 1.807) is 7.11 Å². The molecule has 0 heterocycles. The van der Waals surface area contributed by atoms with Crippen molar-refractivity contribution >= 4 is 0 Å². The number of rotatable bonds is 9. The molecule has 0 aromatic carbocycles. The summed E-state index contributed by atoms with van der Waals surface area (Å²) in [5.41, 5.74) is 0. The molecule has 0 saturated heterocycles. The van der Waals surface area contributed by atoms with Gasteiger partial charge in [-0.1, -0.05) is 19.8 Å². The molecule has 2 unspecified atom stereocenters. The third-order valence-electron chi connectivity index (χ3n) is 3.60. The lowest BCUT2D eigenvalue weighted by Gasteiger charge is -2.28. The SMILES string of the molecule is COCCNCCCCOC1CCCCC1C. The van der Waals surface area contributed by atoms with Crippen molar-refractivity contribution < 1.29 is 9.47 Å².